The van der Waals surface area contributed by atoms with Crippen LogP contribution in [0.2, 0.25) is 0 Å². The Morgan fingerprint density at radius 3 is 0.917 bits per heavy atom. The average Bonchev–Trinajstić information content (AvgIpc) is 2.07. The van der Waals surface area contributed by atoms with Crippen molar-refractivity contribution in [3.05, 3.63) is 0 Å². The minimum absolute atomic E-state index is 0. The zero-order valence-corrected chi connectivity index (χ0v) is 7.67. The van der Waals surface area contributed by atoms with Gasteiger partial charge in [-0.15, -0.1) is 0 Å². The Kier molecular flexibility index (Phi) is 2.82. The van der Waals surface area contributed by atoms with Crippen molar-refractivity contribution in [2.24, 2.45) is 0 Å². The summed E-state index contributed by atoms with van der Waals surface area (Å²) in [5.74, 6) is 0.949. The van der Waals surface area contributed by atoms with E-state index < -0.39 is 6.57 Å². The molecule has 12 heavy (non-hydrogen) atoms. The van der Waals surface area contributed by atoms with E-state index in [0.29, 0.717) is 0 Å². The standard InChI is InChI=1S/C4F2N4P.Ag/c5-11(6,1-7,2-8,3-9)4-10;/q-1;+1. The first kappa shape index (κ1) is 13.6. The predicted octanol–water partition coefficient (Wildman–Crippen LogP) is 1.77. The van der Waals surface area contributed by atoms with Crippen LogP contribution in [0.15, 0.2) is 0 Å². The molecule has 66 valence electrons. The van der Waals surface area contributed by atoms with E-state index in [9.17, 15) is 8.39 Å². The minimum atomic E-state index is -7.59. The fourth-order valence-corrected chi connectivity index (χ4v) is 0.402. The molecule has 0 aliphatic carbocycles. The smallest absolute Gasteiger partial charge is 1.00 e. The van der Waals surface area contributed by atoms with E-state index in [1.54, 1.807) is 0 Å². The Labute approximate surface area is 81.9 Å². The third-order valence-electron chi connectivity index (χ3n) is 0.902. The van der Waals surface area contributed by atoms with Crippen molar-refractivity contribution in [3.63, 3.8) is 0 Å². The maximum absolute atomic E-state index is 12.8. The molecule has 0 rings (SSSR count). The molecule has 0 atom stereocenters. The summed E-state index contributed by atoms with van der Waals surface area (Å²) in [7, 11) is 0. The molecule has 0 heterocycles. The summed E-state index contributed by atoms with van der Waals surface area (Å²) in [6.45, 7) is -7.59. The quantitative estimate of drug-likeness (QED) is 0.499. The van der Waals surface area contributed by atoms with Crippen LogP contribution in [0.1, 0.15) is 0 Å². The number of hydrogen-bond donors (Lipinski definition) is 0. The van der Waals surface area contributed by atoms with Gasteiger partial charge in [0.25, 0.3) is 0 Å². The van der Waals surface area contributed by atoms with Gasteiger partial charge in [-0.2, -0.15) is 0 Å². The number of halogens is 2. The van der Waals surface area contributed by atoms with Gasteiger partial charge in [0.15, 0.2) is 0 Å². The van der Waals surface area contributed by atoms with Gasteiger partial charge in [0.05, 0.1) is 0 Å². The number of nitriles is 4. The summed E-state index contributed by atoms with van der Waals surface area (Å²) in [6, 6.07) is 0. The van der Waals surface area contributed by atoms with Crippen LogP contribution in [0.5, 0.6) is 0 Å². The normalized spacial score (nSPS) is 14.2. The Morgan fingerprint density at radius 1 is 0.750 bits per heavy atom. The van der Waals surface area contributed by atoms with Gasteiger partial charge in [-0.3, -0.25) is 0 Å². The number of nitrogens with zero attached hydrogens (tertiary/aromatic N) is 4. The molecule has 0 aromatic rings. The molecule has 0 saturated carbocycles. The van der Waals surface area contributed by atoms with Crippen LogP contribution in [-0.2, 0) is 22.4 Å². The van der Waals surface area contributed by atoms with Crippen molar-refractivity contribution in [2.45, 2.75) is 0 Å². The van der Waals surface area contributed by atoms with Gasteiger partial charge in [0, 0.05) is 0 Å². The second-order valence-electron chi connectivity index (χ2n) is 1.81. The van der Waals surface area contributed by atoms with Crippen LogP contribution in [0.4, 0.5) is 8.39 Å². The third kappa shape index (κ3) is 1.59. The Bertz CT molecular complexity index is 312. The fraction of sp³-hybridized carbons (Fsp3) is 0. The van der Waals surface area contributed by atoms with E-state index in [1.165, 1.54) is 0 Å². The summed E-state index contributed by atoms with van der Waals surface area (Å²) < 4.78 is 25.6. The van der Waals surface area contributed by atoms with Gasteiger partial charge in [0.2, 0.25) is 0 Å². The van der Waals surface area contributed by atoms with Gasteiger partial charge in [-0.25, -0.2) is 0 Å². The molecule has 8 heteroatoms. The Balaban J connectivity index is 0. The van der Waals surface area contributed by atoms with Crippen molar-refractivity contribution in [2.75, 3.05) is 0 Å². The molecule has 0 aliphatic heterocycles. The first-order valence-electron chi connectivity index (χ1n) is 2.13. The molecule has 0 radical (unpaired) electrons. The van der Waals surface area contributed by atoms with Gasteiger partial charge in [-0.1, -0.05) is 0 Å². The van der Waals surface area contributed by atoms with E-state index in [2.05, 4.69) is 0 Å². The minimum Gasteiger partial charge on any atom is 1.00 e. The molecule has 0 aromatic carbocycles. The Hall–Kier alpha value is -1.01. The van der Waals surface area contributed by atoms with Crippen LogP contribution >= 0.6 is 6.57 Å². The molecule has 0 aliphatic rings. The topological polar surface area (TPSA) is 95.2 Å². The zero-order valence-electron chi connectivity index (χ0n) is 5.29. The first-order valence-corrected chi connectivity index (χ1v) is 4.59. The summed E-state index contributed by atoms with van der Waals surface area (Å²) >= 11 is 0. The Morgan fingerprint density at radius 2 is 0.917 bits per heavy atom. The largest absolute Gasteiger partial charge is 1.00 e. The number of hydrogen-bond acceptors (Lipinski definition) is 4. The molecule has 0 spiro atoms. The van der Waals surface area contributed by atoms with Crippen molar-refractivity contribution in [3.8, 4) is 23.2 Å². The maximum atomic E-state index is 12.8. The zero-order chi connectivity index (χ0) is 9.24. The predicted molar refractivity (Wildman–Crippen MR) is 31.6 cm³/mol. The molecule has 0 unspecified atom stereocenters. The summed E-state index contributed by atoms with van der Waals surface area (Å²) in [4.78, 5) is 0. The van der Waals surface area contributed by atoms with E-state index in [-0.39, 0.29) is 45.6 Å². The van der Waals surface area contributed by atoms with Crippen molar-refractivity contribution in [1.82, 2.24) is 0 Å². The maximum Gasteiger partial charge on any atom is 1.00 e. The first-order chi connectivity index (χ1) is 4.80. The number of rotatable bonds is 0. The van der Waals surface area contributed by atoms with Crippen molar-refractivity contribution >= 4 is 6.57 Å². The molecule has 0 fully saturated rings. The molecular formula is C4AgF2N4P. The van der Waals surface area contributed by atoms with Crippen LogP contribution in [0.25, 0.3) is 0 Å². The van der Waals surface area contributed by atoms with E-state index in [0.717, 1.165) is 0 Å². The van der Waals surface area contributed by atoms with Crippen LogP contribution in [0, 0.1) is 44.3 Å². The molecule has 4 nitrogen and oxygen atoms in total. The summed E-state index contributed by atoms with van der Waals surface area (Å²) in [5.41, 5.74) is 0. The van der Waals surface area contributed by atoms with Gasteiger partial charge in [-0.05, 0) is 0 Å². The average molecular weight is 281 g/mol. The van der Waals surface area contributed by atoms with E-state index in [4.69, 9.17) is 21.0 Å². The molecule has 0 bridgehead atoms. The summed E-state index contributed by atoms with van der Waals surface area (Å²) in [6.07, 6.45) is 0. The van der Waals surface area contributed by atoms with Crippen molar-refractivity contribution in [1.29, 1.82) is 21.0 Å². The fourth-order valence-electron chi connectivity index (χ4n) is 0.134. The second kappa shape index (κ2) is 2.49. The van der Waals surface area contributed by atoms with Gasteiger partial charge < -0.3 is 0 Å². The second-order valence-corrected chi connectivity index (χ2v) is 5.43. The summed E-state index contributed by atoms with van der Waals surface area (Å²) in [5, 5.41) is 31.6. The van der Waals surface area contributed by atoms with Crippen molar-refractivity contribution < 1.29 is 30.8 Å². The SMILES string of the molecule is N#C[P-](F)(F)(C#N)(C#N)C#N.[Ag+]. The molecule has 0 amide bonds. The van der Waals surface area contributed by atoms with Gasteiger partial charge >= 0.3 is 81.6 Å². The van der Waals surface area contributed by atoms with Crippen LogP contribution < -0.4 is 0 Å². The van der Waals surface area contributed by atoms with E-state index >= 15 is 0 Å². The van der Waals surface area contributed by atoms with Crippen LogP contribution in [0.3, 0.4) is 0 Å². The van der Waals surface area contributed by atoms with Gasteiger partial charge in [0.1, 0.15) is 0 Å². The monoisotopic (exact) mass is 280 g/mol. The molecule has 0 aromatic heterocycles. The molecule has 0 N–H and O–H groups in total. The van der Waals surface area contributed by atoms with E-state index in [1.807, 2.05) is 0 Å². The third-order valence-corrected chi connectivity index (χ3v) is 2.71. The molecule has 0 saturated heterocycles. The molecular weight excluding hydrogens is 281 g/mol. The van der Waals surface area contributed by atoms with Crippen LogP contribution in [-0.4, -0.2) is 0 Å².